The van der Waals surface area contributed by atoms with Crippen molar-refractivity contribution in [3.8, 4) is 0 Å². The van der Waals surface area contributed by atoms with E-state index in [1.54, 1.807) is 12.2 Å². The molecule has 2 aliphatic rings. The zero-order valence-electron chi connectivity index (χ0n) is 48.6. The Kier molecular flexibility index (Phi) is 45.0. The predicted molar refractivity (Wildman–Crippen MR) is 313 cm³/mol. The van der Waals surface area contributed by atoms with Crippen LogP contribution in [0.4, 0.5) is 0 Å². The summed E-state index contributed by atoms with van der Waals surface area (Å²) in [5, 5.41) is 87.0. The van der Waals surface area contributed by atoms with Crippen molar-refractivity contribution >= 4 is 5.91 Å². The number of aliphatic hydroxyl groups excluding tert-OH is 8. The zero-order valence-corrected chi connectivity index (χ0v) is 48.6. The summed E-state index contributed by atoms with van der Waals surface area (Å²) in [7, 11) is 0. The normalized spacial score (nSPS) is 25.1. The van der Waals surface area contributed by atoms with Gasteiger partial charge in [-0.05, 0) is 44.9 Å². The lowest BCUT2D eigenvalue weighted by Gasteiger charge is -2.46. The first kappa shape index (κ1) is 71.5. The summed E-state index contributed by atoms with van der Waals surface area (Å²) in [6.45, 7) is 2.62. The van der Waals surface area contributed by atoms with Gasteiger partial charge in [0.25, 0.3) is 0 Å². The Morgan fingerprint density at radius 3 is 1.31 bits per heavy atom. The van der Waals surface area contributed by atoms with Gasteiger partial charge in [0.2, 0.25) is 5.91 Å². The molecule has 14 heteroatoms. The second-order valence-electron chi connectivity index (χ2n) is 21.8. The van der Waals surface area contributed by atoms with Crippen LogP contribution in [0, 0.1) is 0 Å². The maximum Gasteiger partial charge on any atom is 0.224 e. The number of amides is 1. The Morgan fingerprint density at radius 2 is 0.872 bits per heavy atom. The first-order chi connectivity index (χ1) is 38.1. The summed E-state index contributed by atoms with van der Waals surface area (Å²) >= 11 is 0. The first-order valence-electron chi connectivity index (χ1n) is 31.2. The fraction of sp³-hybridized carbons (Fsp3) is 0.797. The number of carbonyl (C=O) groups is 1. The van der Waals surface area contributed by atoms with Gasteiger partial charge in [-0.3, -0.25) is 4.79 Å². The van der Waals surface area contributed by atoms with Crippen molar-refractivity contribution in [2.45, 2.75) is 306 Å². The van der Waals surface area contributed by atoms with E-state index in [0.717, 1.165) is 51.4 Å². The molecule has 14 nitrogen and oxygen atoms in total. The fourth-order valence-corrected chi connectivity index (χ4v) is 9.95. The third kappa shape index (κ3) is 34.0. The van der Waals surface area contributed by atoms with E-state index in [9.17, 15) is 45.6 Å². The third-order valence-corrected chi connectivity index (χ3v) is 14.9. The highest BCUT2D eigenvalue weighted by Gasteiger charge is 2.51. The maximum atomic E-state index is 13.2. The Hall–Kier alpha value is -2.57. The Balaban J connectivity index is 1.73. The molecule has 452 valence electrons. The molecule has 2 rings (SSSR count). The number of hydrogen-bond donors (Lipinski definition) is 9. The number of nitrogens with one attached hydrogen (secondary N) is 1. The van der Waals surface area contributed by atoms with Crippen LogP contribution in [0.2, 0.25) is 0 Å². The Labute approximate surface area is 472 Å². The standard InChI is InChI=1S/C64H113NO13/c1-3-5-7-9-11-13-15-17-19-20-21-22-23-24-25-26-27-28-29-30-31-32-34-35-37-39-41-43-45-47-53(68)52(65-56(69)48-46-44-42-40-38-36-33-18-16-14-12-10-8-6-4-2)51-75-63-61(74)59(72)62(55(50-67)77-63)78-64-60(73)58(71)57(70)54(49-66)76-64/h6,8,12,14,18,33,38,40,44-47,52-55,57-64,66-68,70-74H,3-5,7,9-11,13,15-17,19-32,34-37,39,41-43,48-51H2,1-2H3,(H,65,69)/b8-6-,14-12-,33-18-,40-38-,46-44-,47-45+. The maximum absolute atomic E-state index is 13.2. The van der Waals surface area contributed by atoms with E-state index >= 15 is 0 Å². The third-order valence-electron chi connectivity index (χ3n) is 14.9. The van der Waals surface area contributed by atoms with Gasteiger partial charge in [-0.1, -0.05) is 254 Å². The van der Waals surface area contributed by atoms with Crippen LogP contribution in [0.1, 0.15) is 232 Å². The van der Waals surface area contributed by atoms with E-state index < -0.39 is 86.8 Å². The smallest absolute Gasteiger partial charge is 0.224 e. The second kappa shape index (κ2) is 49.1. The van der Waals surface area contributed by atoms with Crippen LogP contribution in [0.25, 0.3) is 0 Å². The van der Waals surface area contributed by atoms with E-state index in [4.69, 9.17) is 18.9 Å². The lowest BCUT2D eigenvalue weighted by Crippen LogP contribution is -2.65. The minimum Gasteiger partial charge on any atom is -0.394 e. The lowest BCUT2D eigenvalue weighted by atomic mass is 9.97. The lowest BCUT2D eigenvalue weighted by molar-refractivity contribution is -0.359. The predicted octanol–water partition coefficient (Wildman–Crippen LogP) is 11.1. The number of ether oxygens (including phenoxy) is 4. The van der Waals surface area contributed by atoms with Crippen molar-refractivity contribution in [2.24, 2.45) is 0 Å². The number of carbonyl (C=O) groups excluding carboxylic acids is 1. The molecule has 0 aromatic carbocycles. The summed E-state index contributed by atoms with van der Waals surface area (Å²) in [5.41, 5.74) is 0. The van der Waals surface area contributed by atoms with Crippen LogP contribution >= 0.6 is 0 Å². The van der Waals surface area contributed by atoms with Crippen molar-refractivity contribution in [2.75, 3.05) is 19.8 Å². The van der Waals surface area contributed by atoms with Crippen molar-refractivity contribution in [1.29, 1.82) is 0 Å². The summed E-state index contributed by atoms with van der Waals surface area (Å²) in [6.07, 6.45) is 48.5. The number of aliphatic hydroxyl groups is 8. The molecule has 9 N–H and O–H groups in total. The zero-order chi connectivity index (χ0) is 56.7. The molecular weight excluding hydrogens is 991 g/mol. The van der Waals surface area contributed by atoms with Gasteiger partial charge in [-0.2, -0.15) is 0 Å². The van der Waals surface area contributed by atoms with Crippen molar-refractivity contribution in [3.05, 3.63) is 72.9 Å². The highest BCUT2D eigenvalue weighted by Crippen LogP contribution is 2.30. The van der Waals surface area contributed by atoms with Gasteiger partial charge in [-0.25, -0.2) is 0 Å². The van der Waals surface area contributed by atoms with E-state index in [-0.39, 0.29) is 18.9 Å². The van der Waals surface area contributed by atoms with Gasteiger partial charge in [-0.15, -0.1) is 0 Å². The number of unbranched alkanes of at least 4 members (excludes halogenated alkanes) is 27. The molecule has 12 atom stereocenters. The minimum atomic E-state index is -1.80. The molecule has 2 fully saturated rings. The fourth-order valence-electron chi connectivity index (χ4n) is 9.95. The van der Waals surface area contributed by atoms with Gasteiger partial charge in [0.05, 0.1) is 32.0 Å². The topological polar surface area (TPSA) is 228 Å². The van der Waals surface area contributed by atoms with E-state index in [1.807, 2.05) is 18.2 Å². The van der Waals surface area contributed by atoms with Gasteiger partial charge in [0, 0.05) is 6.42 Å². The molecule has 78 heavy (non-hydrogen) atoms. The largest absolute Gasteiger partial charge is 0.394 e. The van der Waals surface area contributed by atoms with E-state index in [1.165, 1.54) is 154 Å². The molecule has 2 aliphatic heterocycles. The molecule has 0 radical (unpaired) electrons. The SMILES string of the molecule is CC/C=C\C/C=C\C/C=C\C/C=C\C/C=C\CC(=O)NC(COC1OC(CO)C(OC2OC(CO)C(O)C(O)C2O)C(O)C1O)C(O)/C=C/CCCCCCCCCCCCCCCCCCCCCCCCCCCCC. The van der Waals surface area contributed by atoms with Crippen molar-refractivity contribution in [3.63, 3.8) is 0 Å². The summed E-state index contributed by atoms with van der Waals surface area (Å²) < 4.78 is 22.7. The van der Waals surface area contributed by atoms with Crippen LogP contribution in [0.15, 0.2) is 72.9 Å². The molecule has 2 heterocycles. The average Bonchev–Trinajstić information content (AvgIpc) is 3.48. The molecule has 0 spiro atoms. The van der Waals surface area contributed by atoms with Crippen molar-refractivity contribution < 1.29 is 64.6 Å². The van der Waals surface area contributed by atoms with Gasteiger partial charge in [0.15, 0.2) is 12.6 Å². The summed E-state index contributed by atoms with van der Waals surface area (Å²) in [6, 6.07) is -0.973. The highest BCUT2D eigenvalue weighted by atomic mass is 16.7. The number of hydrogen-bond acceptors (Lipinski definition) is 13. The number of rotatable bonds is 49. The van der Waals surface area contributed by atoms with Crippen LogP contribution in [-0.4, -0.2) is 140 Å². The number of allylic oxidation sites excluding steroid dienone is 10. The van der Waals surface area contributed by atoms with Crippen LogP contribution in [0.3, 0.4) is 0 Å². The second-order valence-corrected chi connectivity index (χ2v) is 21.8. The summed E-state index contributed by atoms with van der Waals surface area (Å²) in [4.78, 5) is 13.2. The quantitative estimate of drug-likeness (QED) is 0.0204. The molecule has 0 aliphatic carbocycles. The Morgan fingerprint density at radius 1 is 0.474 bits per heavy atom. The monoisotopic (exact) mass is 1100 g/mol. The van der Waals surface area contributed by atoms with E-state index in [2.05, 4.69) is 61.7 Å². The molecular formula is C64H113NO13. The minimum absolute atomic E-state index is 0.0465. The summed E-state index contributed by atoms with van der Waals surface area (Å²) in [5.74, 6) is -0.366. The molecule has 2 saturated heterocycles. The molecule has 0 saturated carbocycles. The first-order valence-corrected chi connectivity index (χ1v) is 31.2. The van der Waals surface area contributed by atoms with Crippen molar-refractivity contribution in [1.82, 2.24) is 5.32 Å². The van der Waals surface area contributed by atoms with Gasteiger partial charge < -0.3 is 65.1 Å². The van der Waals surface area contributed by atoms with Crippen LogP contribution in [-0.2, 0) is 23.7 Å². The van der Waals surface area contributed by atoms with Crippen LogP contribution < -0.4 is 5.32 Å². The Bertz CT molecular complexity index is 1580. The van der Waals surface area contributed by atoms with E-state index in [0.29, 0.717) is 6.42 Å². The highest BCUT2D eigenvalue weighted by molar-refractivity contribution is 5.77. The molecule has 0 bridgehead atoms. The van der Waals surface area contributed by atoms with Crippen LogP contribution in [0.5, 0.6) is 0 Å². The van der Waals surface area contributed by atoms with Gasteiger partial charge in [0.1, 0.15) is 48.8 Å². The van der Waals surface area contributed by atoms with Gasteiger partial charge >= 0.3 is 0 Å². The molecule has 12 unspecified atom stereocenters. The average molecular weight is 1100 g/mol. The molecule has 0 aromatic rings. The molecule has 0 aromatic heterocycles. The molecule has 1 amide bonds.